The molecule has 2 unspecified atom stereocenters. The quantitative estimate of drug-likeness (QED) is 0.584. The number of aliphatic hydroxyl groups is 1. The number of fused-ring (bicyclic) bond motifs is 5. The van der Waals surface area contributed by atoms with Crippen LogP contribution in [0.2, 0.25) is 0 Å². The van der Waals surface area contributed by atoms with Crippen LogP contribution >= 0.6 is 0 Å². The number of rotatable bonds is 2. The summed E-state index contributed by atoms with van der Waals surface area (Å²) in [5.74, 6) is 2.25. The molecule has 5 rings (SSSR count). The Morgan fingerprint density at radius 1 is 1.07 bits per heavy atom. The van der Waals surface area contributed by atoms with E-state index >= 15 is 0 Å². The van der Waals surface area contributed by atoms with E-state index in [-0.39, 0.29) is 17.5 Å². The van der Waals surface area contributed by atoms with Gasteiger partial charge in [0.1, 0.15) is 5.75 Å². The van der Waals surface area contributed by atoms with Crippen molar-refractivity contribution in [1.82, 2.24) is 0 Å². The highest BCUT2D eigenvalue weighted by Gasteiger charge is 2.54. The van der Waals surface area contributed by atoms with Crippen molar-refractivity contribution in [2.24, 2.45) is 17.3 Å². The third-order valence-electron chi connectivity index (χ3n) is 7.87. The lowest BCUT2D eigenvalue weighted by Crippen LogP contribution is -2.43. The predicted molar refractivity (Wildman–Crippen MR) is 108 cm³/mol. The summed E-state index contributed by atoms with van der Waals surface area (Å²) in [4.78, 5) is 12.4. The summed E-state index contributed by atoms with van der Waals surface area (Å²) >= 11 is 0. The molecule has 2 fully saturated rings. The lowest BCUT2D eigenvalue weighted by atomic mass is 9.55. The monoisotopic (exact) mass is 376 g/mol. The Bertz CT molecular complexity index is 890. The van der Waals surface area contributed by atoms with Crippen LogP contribution in [0.5, 0.6) is 5.75 Å². The molecule has 3 nitrogen and oxygen atoms in total. The van der Waals surface area contributed by atoms with Crippen molar-refractivity contribution in [2.45, 2.75) is 57.5 Å². The van der Waals surface area contributed by atoms with Crippen molar-refractivity contribution in [2.75, 3.05) is 0 Å². The number of esters is 1. The van der Waals surface area contributed by atoms with Gasteiger partial charge in [0.05, 0.1) is 11.7 Å². The molecule has 3 heteroatoms. The zero-order chi connectivity index (χ0) is 19.3. The number of benzene rings is 2. The Balaban J connectivity index is 1.37. The van der Waals surface area contributed by atoms with Crippen molar-refractivity contribution < 1.29 is 14.6 Å². The van der Waals surface area contributed by atoms with E-state index in [0.29, 0.717) is 29.1 Å². The fraction of sp³-hybridized carbons (Fsp3) is 0.480. The summed E-state index contributed by atoms with van der Waals surface area (Å²) < 4.78 is 5.63. The summed E-state index contributed by atoms with van der Waals surface area (Å²) in [5, 5.41) is 10.5. The molecular weight excluding hydrogens is 348 g/mol. The van der Waals surface area contributed by atoms with Gasteiger partial charge < -0.3 is 9.84 Å². The molecule has 5 atom stereocenters. The lowest BCUT2D eigenvalue weighted by Gasteiger charge is -2.50. The van der Waals surface area contributed by atoms with Gasteiger partial charge in [0.25, 0.3) is 0 Å². The second kappa shape index (κ2) is 6.73. The average molecular weight is 376 g/mol. The van der Waals surface area contributed by atoms with Gasteiger partial charge in [-0.15, -0.1) is 0 Å². The van der Waals surface area contributed by atoms with Crippen LogP contribution in [0, 0.1) is 17.3 Å². The average Bonchev–Trinajstić information content (AvgIpc) is 3.03. The Kier molecular flexibility index (Phi) is 4.31. The molecule has 0 spiro atoms. The number of aryl methyl sites for hydroxylation is 1. The Labute approximate surface area is 166 Å². The minimum absolute atomic E-state index is 0.115. The largest absolute Gasteiger partial charge is 0.423 e. The first-order valence-electron chi connectivity index (χ1n) is 10.6. The van der Waals surface area contributed by atoms with Crippen LogP contribution in [0.1, 0.15) is 66.4 Å². The van der Waals surface area contributed by atoms with Crippen LogP contribution in [0.3, 0.4) is 0 Å². The fourth-order valence-electron chi connectivity index (χ4n) is 6.33. The van der Waals surface area contributed by atoms with E-state index in [1.165, 1.54) is 24.0 Å². The highest BCUT2D eigenvalue weighted by molar-refractivity contribution is 5.91. The van der Waals surface area contributed by atoms with Gasteiger partial charge in [0.2, 0.25) is 0 Å². The minimum Gasteiger partial charge on any atom is -0.423 e. The van der Waals surface area contributed by atoms with Gasteiger partial charge in [-0.05, 0) is 97.1 Å². The second-order valence-electron chi connectivity index (χ2n) is 9.17. The van der Waals surface area contributed by atoms with Gasteiger partial charge in [-0.2, -0.15) is 0 Å². The Morgan fingerprint density at radius 2 is 1.89 bits per heavy atom. The summed E-state index contributed by atoms with van der Waals surface area (Å²) in [6, 6.07) is 15.4. The van der Waals surface area contributed by atoms with Crippen molar-refractivity contribution in [3.63, 3.8) is 0 Å². The van der Waals surface area contributed by atoms with Gasteiger partial charge in [0, 0.05) is 0 Å². The number of hydrogen-bond acceptors (Lipinski definition) is 3. The van der Waals surface area contributed by atoms with Crippen molar-refractivity contribution >= 4 is 5.97 Å². The molecule has 0 heterocycles. The van der Waals surface area contributed by atoms with E-state index in [9.17, 15) is 9.90 Å². The van der Waals surface area contributed by atoms with Gasteiger partial charge in [0.15, 0.2) is 0 Å². The number of ether oxygens (including phenoxy) is 1. The van der Waals surface area contributed by atoms with E-state index in [1.807, 2.05) is 24.3 Å². The molecule has 3 aliphatic rings. The molecule has 2 saturated carbocycles. The topological polar surface area (TPSA) is 46.5 Å². The zero-order valence-electron chi connectivity index (χ0n) is 16.4. The summed E-state index contributed by atoms with van der Waals surface area (Å²) in [6.07, 6.45) is 6.50. The number of carbonyl (C=O) groups excluding carboxylic acids is 1. The van der Waals surface area contributed by atoms with Crippen LogP contribution in [-0.4, -0.2) is 17.2 Å². The highest BCUT2D eigenvalue weighted by Crippen LogP contribution is 2.60. The van der Waals surface area contributed by atoms with E-state index in [2.05, 4.69) is 19.1 Å². The summed E-state index contributed by atoms with van der Waals surface area (Å²) in [6.45, 7) is 2.31. The summed E-state index contributed by atoms with van der Waals surface area (Å²) in [7, 11) is 0. The summed E-state index contributed by atoms with van der Waals surface area (Å²) in [5.41, 5.74) is 3.47. The molecule has 0 amide bonds. The second-order valence-corrected chi connectivity index (χ2v) is 9.17. The molecule has 2 aromatic rings. The molecule has 0 aromatic heterocycles. The van der Waals surface area contributed by atoms with Crippen LogP contribution in [0.15, 0.2) is 48.5 Å². The third kappa shape index (κ3) is 2.79. The molecule has 2 aromatic carbocycles. The molecule has 146 valence electrons. The molecule has 0 aliphatic heterocycles. The maximum absolute atomic E-state index is 12.4. The van der Waals surface area contributed by atoms with Crippen molar-refractivity contribution in [3.8, 4) is 5.75 Å². The van der Waals surface area contributed by atoms with Crippen LogP contribution in [0.25, 0.3) is 0 Å². The van der Waals surface area contributed by atoms with Gasteiger partial charge in [-0.3, -0.25) is 0 Å². The minimum atomic E-state index is -0.303. The van der Waals surface area contributed by atoms with E-state index in [0.717, 1.165) is 25.7 Å². The molecule has 3 aliphatic carbocycles. The molecule has 0 radical (unpaired) electrons. The van der Waals surface area contributed by atoms with Crippen molar-refractivity contribution in [1.29, 1.82) is 0 Å². The maximum atomic E-state index is 12.4. The number of carbonyl (C=O) groups is 1. The van der Waals surface area contributed by atoms with E-state index in [4.69, 9.17) is 4.74 Å². The van der Waals surface area contributed by atoms with Gasteiger partial charge >= 0.3 is 5.97 Å². The van der Waals surface area contributed by atoms with Crippen LogP contribution < -0.4 is 4.74 Å². The van der Waals surface area contributed by atoms with Crippen LogP contribution in [0.4, 0.5) is 0 Å². The first kappa shape index (κ1) is 17.9. The first-order chi connectivity index (χ1) is 13.6. The van der Waals surface area contributed by atoms with Gasteiger partial charge in [-0.25, -0.2) is 4.79 Å². The molecule has 1 N–H and O–H groups in total. The maximum Gasteiger partial charge on any atom is 0.343 e. The Hall–Kier alpha value is -2.13. The third-order valence-corrected chi connectivity index (χ3v) is 7.87. The molecule has 0 bridgehead atoms. The number of aliphatic hydroxyl groups excluding tert-OH is 1. The first-order valence-corrected chi connectivity index (χ1v) is 10.6. The van der Waals surface area contributed by atoms with E-state index in [1.54, 1.807) is 12.1 Å². The van der Waals surface area contributed by atoms with Crippen molar-refractivity contribution in [3.05, 3.63) is 65.2 Å². The Morgan fingerprint density at radius 3 is 2.71 bits per heavy atom. The fourth-order valence-corrected chi connectivity index (χ4v) is 6.33. The number of hydrogen-bond donors (Lipinski definition) is 1. The van der Waals surface area contributed by atoms with Gasteiger partial charge in [-0.1, -0.05) is 31.2 Å². The normalized spacial score (nSPS) is 33.5. The lowest BCUT2D eigenvalue weighted by molar-refractivity contribution is -0.0226. The molecular formula is C25H28O3. The zero-order valence-corrected chi connectivity index (χ0v) is 16.4. The van der Waals surface area contributed by atoms with Crippen LogP contribution in [-0.2, 0) is 6.42 Å². The smallest absolute Gasteiger partial charge is 0.343 e. The predicted octanol–water partition coefficient (Wildman–Crippen LogP) is 5.12. The molecule has 0 saturated heterocycles. The SMILES string of the molecule is C[C@]12CCC3c4ccc(OC(=O)c5ccccc5)cc4CC[C@H]3C1CC[C@@H]2O. The van der Waals surface area contributed by atoms with E-state index < -0.39 is 0 Å². The molecule has 28 heavy (non-hydrogen) atoms. The highest BCUT2D eigenvalue weighted by atomic mass is 16.5. The standard InChI is InChI=1S/C25H28O3/c1-25-14-13-20-19-10-8-18(28-24(27)16-5-3-2-4-6-16)15-17(19)7-9-21(20)22(25)11-12-23(25)26/h2-6,8,10,15,20-23,26H,7,9,11-14H2,1H3/t20?,21-,22?,23+,25+/m1/s1.